The molecule has 25 heavy (non-hydrogen) atoms. The van der Waals surface area contributed by atoms with E-state index in [-0.39, 0.29) is 24.0 Å². The van der Waals surface area contributed by atoms with E-state index in [4.69, 9.17) is 0 Å². The van der Waals surface area contributed by atoms with E-state index in [2.05, 4.69) is 38.6 Å². The maximum atomic E-state index is 4.38. The summed E-state index contributed by atoms with van der Waals surface area (Å²) < 4.78 is 0. The van der Waals surface area contributed by atoms with E-state index in [1.165, 1.54) is 71.4 Å². The van der Waals surface area contributed by atoms with E-state index in [1.54, 1.807) is 0 Å². The van der Waals surface area contributed by atoms with Crippen molar-refractivity contribution >= 4 is 41.7 Å². The van der Waals surface area contributed by atoms with Crippen molar-refractivity contribution in [3.63, 3.8) is 0 Å². The first-order valence-electron chi connectivity index (χ1n) is 9.69. The number of hydrogen-bond acceptors (Lipinski definition) is 4. The fourth-order valence-corrected chi connectivity index (χ4v) is 4.47. The van der Waals surface area contributed by atoms with Gasteiger partial charge in [0.15, 0.2) is 5.96 Å². The Labute approximate surface area is 176 Å². The summed E-state index contributed by atoms with van der Waals surface area (Å²) in [6.07, 6.45) is 8.59. The van der Waals surface area contributed by atoms with Gasteiger partial charge in [0.1, 0.15) is 0 Å². The molecule has 2 fully saturated rings. The normalized spacial score (nSPS) is 25.6. The van der Waals surface area contributed by atoms with Crippen molar-refractivity contribution in [3.8, 4) is 0 Å². The number of halogens is 1. The summed E-state index contributed by atoms with van der Waals surface area (Å²) in [5.74, 6) is 0.985. The molecule has 2 N–H and O–H groups in total. The Balaban J connectivity index is 0.00000312. The number of piperazine rings is 1. The number of guanidine groups is 1. The Bertz CT molecular complexity index is 374. The molecule has 1 aliphatic carbocycles. The highest BCUT2D eigenvalue weighted by atomic mass is 127. The van der Waals surface area contributed by atoms with Gasteiger partial charge < -0.3 is 20.4 Å². The molecule has 0 amide bonds. The Morgan fingerprint density at radius 3 is 2.44 bits per heavy atom. The van der Waals surface area contributed by atoms with Crippen LogP contribution in [0.4, 0.5) is 0 Å². The van der Waals surface area contributed by atoms with E-state index >= 15 is 0 Å². The zero-order valence-corrected chi connectivity index (χ0v) is 19.4. The minimum Gasteiger partial charge on any atom is -0.356 e. The van der Waals surface area contributed by atoms with E-state index in [0.29, 0.717) is 6.04 Å². The lowest BCUT2D eigenvalue weighted by atomic mass is 10.2. The Morgan fingerprint density at radius 2 is 1.84 bits per heavy atom. The highest BCUT2D eigenvalue weighted by Crippen LogP contribution is 2.27. The Hall–Kier alpha value is 0.270. The molecular weight excluding hydrogens is 445 g/mol. The predicted molar refractivity (Wildman–Crippen MR) is 123 cm³/mol. The Kier molecular flexibility index (Phi) is 12.5. The number of thioether (sulfide) groups is 1. The minimum atomic E-state index is 0. The number of nitrogens with one attached hydrogen (secondary N) is 2. The summed E-state index contributed by atoms with van der Waals surface area (Å²) in [6.45, 7) is 10.7. The van der Waals surface area contributed by atoms with Crippen LogP contribution in [0.3, 0.4) is 0 Å². The quantitative estimate of drug-likeness (QED) is 0.240. The van der Waals surface area contributed by atoms with Crippen LogP contribution in [-0.2, 0) is 0 Å². The zero-order valence-electron chi connectivity index (χ0n) is 16.3. The average molecular weight is 484 g/mol. The number of rotatable bonds is 8. The monoisotopic (exact) mass is 483 g/mol. The van der Waals surface area contributed by atoms with Crippen molar-refractivity contribution < 1.29 is 0 Å². The van der Waals surface area contributed by atoms with E-state index in [0.717, 1.165) is 17.8 Å². The smallest absolute Gasteiger partial charge is 0.191 e. The molecule has 7 heteroatoms. The molecule has 2 atom stereocenters. The van der Waals surface area contributed by atoms with Gasteiger partial charge in [0, 0.05) is 51.1 Å². The van der Waals surface area contributed by atoms with E-state index in [9.17, 15) is 0 Å². The molecule has 0 spiro atoms. The summed E-state index contributed by atoms with van der Waals surface area (Å²) in [4.78, 5) is 9.53. The lowest BCUT2D eigenvalue weighted by molar-refractivity contribution is 0.136. The van der Waals surface area contributed by atoms with Crippen molar-refractivity contribution in [1.29, 1.82) is 0 Å². The van der Waals surface area contributed by atoms with Crippen LogP contribution >= 0.6 is 35.7 Å². The van der Waals surface area contributed by atoms with Gasteiger partial charge in [-0.3, -0.25) is 4.99 Å². The van der Waals surface area contributed by atoms with Crippen molar-refractivity contribution in [2.75, 3.05) is 59.1 Å². The standard InChI is InChI=1S/C18H37N5S.HI/c1-4-22-11-13-23(14-12-22)10-6-5-9-20-18(19-2)21-16-7-8-17(15-16)24-3;/h16-17H,4-15H2,1-3H3,(H2,19,20,21);1H. The molecule has 1 aliphatic heterocycles. The molecule has 0 aromatic carbocycles. The molecule has 0 bridgehead atoms. The highest BCUT2D eigenvalue weighted by Gasteiger charge is 2.24. The minimum absolute atomic E-state index is 0. The second kappa shape index (κ2) is 13.4. The average Bonchev–Trinajstić information content (AvgIpc) is 3.08. The van der Waals surface area contributed by atoms with Crippen LogP contribution in [0.1, 0.15) is 39.0 Å². The van der Waals surface area contributed by atoms with Gasteiger partial charge >= 0.3 is 0 Å². The van der Waals surface area contributed by atoms with Crippen molar-refractivity contribution in [2.45, 2.75) is 50.3 Å². The molecule has 1 saturated carbocycles. The maximum Gasteiger partial charge on any atom is 0.191 e. The lowest BCUT2D eigenvalue weighted by Gasteiger charge is -2.34. The van der Waals surface area contributed by atoms with Crippen molar-refractivity contribution in [3.05, 3.63) is 0 Å². The van der Waals surface area contributed by atoms with Crippen LogP contribution < -0.4 is 10.6 Å². The molecule has 2 rings (SSSR count). The molecule has 148 valence electrons. The van der Waals surface area contributed by atoms with Gasteiger partial charge in [0.25, 0.3) is 0 Å². The summed E-state index contributed by atoms with van der Waals surface area (Å²) in [6, 6.07) is 0.600. The second-order valence-corrected chi connectivity index (χ2v) is 8.13. The van der Waals surface area contributed by atoms with Crippen LogP contribution in [0.25, 0.3) is 0 Å². The van der Waals surface area contributed by atoms with E-state index < -0.39 is 0 Å². The molecule has 1 heterocycles. The third-order valence-electron chi connectivity index (χ3n) is 5.39. The fraction of sp³-hybridized carbons (Fsp3) is 0.944. The van der Waals surface area contributed by atoms with E-state index in [1.807, 2.05) is 18.8 Å². The van der Waals surface area contributed by atoms with Crippen molar-refractivity contribution in [2.24, 2.45) is 4.99 Å². The molecule has 0 aromatic heterocycles. The molecule has 2 unspecified atom stereocenters. The Morgan fingerprint density at radius 1 is 1.12 bits per heavy atom. The van der Waals surface area contributed by atoms with Gasteiger partial charge in [-0.2, -0.15) is 11.8 Å². The zero-order chi connectivity index (χ0) is 17.2. The number of likely N-dealkylation sites (N-methyl/N-ethyl adjacent to an activating group) is 1. The third-order valence-corrected chi connectivity index (χ3v) is 6.48. The summed E-state index contributed by atoms with van der Waals surface area (Å²) in [5.41, 5.74) is 0. The van der Waals surface area contributed by atoms with Gasteiger partial charge in [-0.15, -0.1) is 24.0 Å². The number of nitrogens with zero attached hydrogens (tertiary/aromatic N) is 3. The first kappa shape index (κ1) is 23.3. The highest BCUT2D eigenvalue weighted by molar-refractivity contribution is 14.0. The van der Waals surface area contributed by atoms with Gasteiger partial charge in [0.05, 0.1) is 0 Å². The largest absolute Gasteiger partial charge is 0.356 e. The van der Waals surface area contributed by atoms with Crippen LogP contribution in [0.2, 0.25) is 0 Å². The molecule has 0 aromatic rings. The molecular formula is C18H38IN5S. The van der Waals surface area contributed by atoms with Gasteiger partial charge in [-0.05, 0) is 51.4 Å². The van der Waals surface area contributed by atoms with Crippen LogP contribution in [0.15, 0.2) is 4.99 Å². The predicted octanol–water partition coefficient (Wildman–Crippen LogP) is 2.47. The molecule has 1 saturated heterocycles. The summed E-state index contributed by atoms with van der Waals surface area (Å²) in [5, 5.41) is 7.91. The number of aliphatic imine (C=N–C) groups is 1. The van der Waals surface area contributed by atoms with Crippen molar-refractivity contribution in [1.82, 2.24) is 20.4 Å². The van der Waals surface area contributed by atoms with Crippen LogP contribution in [-0.4, -0.2) is 86.2 Å². The first-order chi connectivity index (χ1) is 11.7. The number of hydrogen-bond donors (Lipinski definition) is 2. The van der Waals surface area contributed by atoms with Gasteiger partial charge in [0.2, 0.25) is 0 Å². The van der Waals surface area contributed by atoms with Gasteiger partial charge in [-0.25, -0.2) is 0 Å². The topological polar surface area (TPSA) is 42.9 Å². The number of unbranched alkanes of at least 4 members (excludes halogenated alkanes) is 1. The lowest BCUT2D eigenvalue weighted by Crippen LogP contribution is -2.46. The molecule has 2 aliphatic rings. The van der Waals surface area contributed by atoms with Gasteiger partial charge in [-0.1, -0.05) is 6.92 Å². The summed E-state index contributed by atoms with van der Waals surface area (Å²) in [7, 11) is 1.88. The second-order valence-electron chi connectivity index (χ2n) is 6.99. The fourth-order valence-electron chi connectivity index (χ4n) is 3.67. The third kappa shape index (κ3) is 8.67. The maximum absolute atomic E-state index is 4.38. The molecule has 5 nitrogen and oxygen atoms in total. The van der Waals surface area contributed by atoms with Crippen LogP contribution in [0, 0.1) is 0 Å². The summed E-state index contributed by atoms with van der Waals surface area (Å²) >= 11 is 2.00. The van der Waals surface area contributed by atoms with Crippen LogP contribution in [0.5, 0.6) is 0 Å². The first-order valence-corrected chi connectivity index (χ1v) is 11.0. The SMILES string of the molecule is CCN1CCN(CCCCNC(=NC)NC2CCC(SC)C2)CC1.I. The molecule has 0 radical (unpaired) electrons.